The molecule has 3 aliphatic heterocycles. The molecule has 1 unspecified atom stereocenters. The second-order valence-electron chi connectivity index (χ2n) is 7.76. The number of likely N-dealkylation sites (tertiary alicyclic amines) is 1. The first kappa shape index (κ1) is 19.1. The molecule has 3 atom stereocenters. The highest BCUT2D eigenvalue weighted by atomic mass is 16.4. The quantitative estimate of drug-likeness (QED) is 0.715. The third-order valence-corrected chi connectivity index (χ3v) is 5.96. The number of nitrogens with one attached hydrogen (secondary N) is 1. The number of piperidine rings is 1. The van der Waals surface area contributed by atoms with Gasteiger partial charge in [0.25, 0.3) is 11.8 Å². The van der Waals surface area contributed by atoms with Crippen LogP contribution in [0.2, 0.25) is 0 Å². The van der Waals surface area contributed by atoms with Gasteiger partial charge in [-0.3, -0.25) is 24.5 Å². The predicted octanol–water partition coefficient (Wildman–Crippen LogP) is 0.525. The summed E-state index contributed by atoms with van der Waals surface area (Å²) >= 11 is 0. The molecule has 0 radical (unpaired) electrons. The van der Waals surface area contributed by atoms with E-state index < -0.39 is 24.0 Å². The summed E-state index contributed by atoms with van der Waals surface area (Å²) in [6.07, 6.45) is 1.47. The van der Waals surface area contributed by atoms with Gasteiger partial charge < -0.3 is 14.9 Å². The maximum atomic E-state index is 13.0. The first-order valence-electron chi connectivity index (χ1n) is 9.61. The zero-order valence-corrected chi connectivity index (χ0v) is 15.9. The van der Waals surface area contributed by atoms with Crippen LogP contribution in [0, 0.1) is 0 Å². The van der Waals surface area contributed by atoms with Crippen LogP contribution in [-0.4, -0.2) is 62.6 Å². The van der Waals surface area contributed by atoms with Gasteiger partial charge in [-0.05, 0) is 49.9 Å². The van der Waals surface area contributed by atoms with E-state index in [1.54, 1.807) is 12.1 Å². The highest BCUT2D eigenvalue weighted by molar-refractivity contribution is 6.06. The predicted molar refractivity (Wildman–Crippen MR) is 98.8 cm³/mol. The molecule has 0 bridgehead atoms. The number of aliphatic carboxylic acids is 1. The summed E-state index contributed by atoms with van der Waals surface area (Å²) in [4.78, 5) is 63.5. The number of carbonyl (C=O) groups excluding carboxylic acids is 4. The zero-order chi connectivity index (χ0) is 20.9. The van der Waals surface area contributed by atoms with Crippen molar-refractivity contribution in [3.63, 3.8) is 0 Å². The Morgan fingerprint density at radius 1 is 1.14 bits per heavy atom. The molecule has 3 heterocycles. The molecular weight excluding hydrogens is 378 g/mol. The fraction of sp³-hybridized carbons (Fsp3) is 0.450. The molecule has 2 fully saturated rings. The smallest absolute Gasteiger partial charge is 0.326 e. The number of carbonyl (C=O) groups is 5. The van der Waals surface area contributed by atoms with E-state index in [0.717, 1.165) is 0 Å². The number of amides is 4. The summed E-state index contributed by atoms with van der Waals surface area (Å²) < 4.78 is 0. The van der Waals surface area contributed by atoms with Crippen LogP contribution >= 0.6 is 0 Å². The monoisotopic (exact) mass is 399 g/mol. The molecule has 9 nitrogen and oxygen atoms in total. The Bertz CT molecular complexity index is 942. The highest BCUT2D eigenvalue weighted by Gasteiger charge is 2.41. The Morgan fingerprint density at radius 3 is 2.59 bits per heavy atom. The molecule has 4 rings (SSSR count). The minimum absolute atomic E-state index is 0.166. The van der Waals surface area contributed by atoms with Crippen molar-refractivity contribution >= 4 is 29.6 Å². The van der Waals surface area contributed by atoms with Gasteiger partial charge in [0.1, 0.15) is 12.1 Å². The number of carboxylic acids is 1. The van der Waals surface area contributed by atoms with Gasteiger partial charge in [0.15, 0.2) is 0 Å². The molecule has 9 heteroatoms. The number of rotatable bonds is 3. The van der Waals surface area contributed by atoms with Crippen LogP contribution in [0.25, 0.3) is 0 Å². The second-order valence-corrected chi connectivity index (χ2v) is 7.76. The molecule has 1 aromatic rings. The Kier molecular flexibility index (Phi) is 4.60. The lowest BCUT2D eigenvalue weighted by Gasteiger charge is -2.29. The molecule has 2 N–H and O–H groups in total. The van der Waals surface area contributed by atoms with Crippen LogP contribution in [0.5, 0.6) is 0 Å². The summed E-state index contributed by atoms with van der Waals surface area (Å²) in [6, 6.07) is 2.92. The van der Waals surface area contributed by atoms with E-state index in [1.165, 1.54) is 15.9 Å². The van der Waals surface area contributed by atoms with Crippen LogP contribution in [-0.2, 0) is 20.9 Å². The van der Waals surface area contributed by atoms with Crippen LogP contribution in [0.1, 0.15) is 58.9 Å². The van der Waals surface area contributed by atoms with E-state index in [4.69, 9.17) is 0 Å². The van der Waals surface area contributed by atoms with E-state index in [1.807, 2.05) is 6.92 Å². The van der Waals surface area contributed by atoms with Gasteiger partial charge in [-0.1, -0.05) is 0 Å². The number of hydrogen-bond donors (Lipinski definition) is 2. The van der Waals surface area contributed by atoms with Gasteiger partial charge in [-0.2, -0.15) is 0 Å². The molecule has 29 heavy (non-hydrogen) atoms. The lowest BCUT2D eigenvalue weighted by Crippen LogP contribution is -2.52. The summed E-state index contributed by atoms with van der Waals surface area (Å²) in [5.41, 5.74) is 1.35. The summed E-state index contributed by atoms with van der Waals surface area (Å²) in [5, 5.41) is 11.7. The van der Waals surface area contributed by atoms with Crippen molar-refractivity contribution in [2.24, 2.45) is 0 Å². The molecule has 0 spiro atoms. The summed E-state index contributed by atoms with van der Waals surface area (Å²) in [6.45, 7) is 1.99. The zero-order valence-electron chi connectivity index (χ0n) is 15.9. The van der Waals surface area contributed by atoms with E-state index in [2.05, 4.69) is 5.32 Å². The molecule has 2 saturated heterocycles. The molecule has 0 aromatic heterocycles. The van der Waals surface area contributed by atoms with Crippen LogP contribution in [0.4, 0.5) is 0 Å². The average Bonchev–Trinajstić information content (AvgIpc) is 3.21. The molecule has 152 valence electrons. The van der Waals surface area contributed by atoms with Crippen molar-refractivity contribution in [3.8, 4) is 0 Å². The fourth-order valence-electron chi connectivity index (χ4n) is 4.43. The second kappa shape index (κ2) is 6.98. The van der Waals surface area contributed by atoms with Crippen molar-refractivity contribution < 1.29 is 29.1 Å². The minimum Gasteiger partial charge on any atom is -0.480 e. The number of imide groups is 1. The van der Waals surface area contributed by atoms with E-state index in [-0.39, 0.29) is 43.1 Å². The summed E-state index contributed by atoms with van der Waals surface area (Å²) in [7, 11) is 0. The number of benzene rings is 1. The van der Waals surface area contributed by atoms with Crippen molar-refractivity contribution in [2.75, 3.05) is 0 Å². The molecule has 3 aliphatic rings. The largest absolute Gasteiger partial charge is 0.480 e. The lowest BCUT2D eigenvalue weighted by molar-refractivity contribution is -0.141. The third kappa shape index (κ3) is 3.16. The highest BCUT2D eigenvalue weighted by Crippen LogP contribution is 2.30. The third-order valence-electron chi connectivity index (χ3n) is 5.96. The summed E-state index contributed by atoms with van der Waals surface area (Å²) in [5.74, 6) is -2.56. The molecule has 1 aromatic carbocycles. The first-order chi connectivity index (χ1) is 13.8. The maximum Gasteiger partial charge on any atom is 0.326 e. The van der Waals surface area contributed by atoms with Crippen molar-refractivity contribution in [1.82, 2.24) is 15.1 Å². The Balaban J connectivity index is 1.57. The van der Waals surface area contributed by atoms with E-state index >= 15 is 0 Å². The van der Waals surface area contributed by atoms with Gasteiger partial charge in [-0.25, -0.2) is 4.79 Å². The normalized spacial score (nSPS) is 26.5. The molecule has 0 saturated carbocycles. The van der Waals surface area contributed by atoms with E-state index in [0.29, 0.717) is 29.5 Å². The SMILES string of the molecule is C[C@@H]1CC[C@H](C(=O)O)N1C(=O)c1ccc2c(c1)CN(C1CCC(=O)NC1=O)C2=O. The number of hydrogen-bond acceptors (Lipinski definition) is 5. The van der Waals surface area contributed by atoms with E-state index in [9.17, 15) is 29.1 Å². The van der Waals surface area contributed by atoms with Gasteiger partial charge >= 0.3 is 5.97 Å². The Hall–Kier alpha value is -3.23. The van der Waals surface area contributed by atoms with Gasteiger partial charge in [0.2, 0.25) is 11.8 Å². The average molecular weight is 399 g/mol. The number of fused-ring (bicyclic) bond motifs is 1. The van der Waals surface area contributed by atoms with Crippen molar-refractivity contribution in [3.05, 3.63) is 34.9 Å². The molecule has 0 aliphatic carbocycles. The molecular formula is C20H21N3O6. The van der Waals surface area contributed by atoms with Crippen LogP contribution < -0.4 is 5.32 Å². The topological polar surface area (TPSA) is 124 Å². The Morgan fingerprint density at radius 2 is 1.90 bits per heavy atom. The first-order valence-corrected chi connectivity index (χ1v) is 9.61. The van der Waals surface area contributed by atoms with Gasteiger partial charge in [0, 0.05) is 30.1 Å². The van der Waals surface area contributed by atoms with Crippen LogP contribution in [0.3, 0.4) is 0 Å². The number of nitrogens with zero attached hydrogens (tertiary/aromatic N) is 2. The van der Waals surface area contributed by atoms with Gasteiger partial charge in [0.05, 0.1) is 0 Å². The standard InChI is InChI=1S/C20H21N3O6/c1-10-2-5-15(20(28)29)23(10)18(26)11-3-4-13-12(8-11)9-22(19(13)27)14-6-7-16(24)21-17(14)25/h3-4,8,10,14-15H,2,5-7,9H2,1H3,(H,28,29)(H,21,24,25)/t10-,14?,15-/m1/s1. The molecule has 4 amide bonds. The fourth-order valence-corrected chi connectivity index (χ4v) is 4.43. The lowest BCUT2D eigenvalue weighted by atomic mass is 10.0. The number of carboxylic acid groups (broad SMARTS) is 1. The maximum absolute atomic E-state index is 13.0. The van der Waals surface area contributed by atoms with Crippen molar-refractivity contribution in [2.45, 2.75) is 57.3 Å². The minimum atomic E-state index is -1.02. The van der Waals surface area contributed by atoms with Crippen LogP contribution in [0.15, 0.2) is 18.2 Å². The Labute approximate surface area is 166 Å². The van der Waals surface area contributed by atoms with Gasteiger partial charge in [-0.15, -0.1) is 0 Å². The van der Waals surface area contributed by atoms with Crippen molar-refractivity contribution in [1.29, 1.82) is 0 Å².